The Labute approximate surface area is 269 Å². The largest absolute Gasteiger partial charge is 0.481 e. The Bertz CT molecular complexity index is 1260. The van der Waals surface area contributed by atoms with Crippen molar-refractivity contribution in [2.24, 2.45) is 62.6 Å². The van der Waals surface area contributed by atoms with Gasteiger partial charge < -0.3 is 19.3 Å². The number of carbonyl (C=O) groups excluding carboxylic acids is 2. The molecule has 8 nitrogen and oxygen atoms in total. The van der Waals surface area contributed by atoms with Gasteiger partial charge in [0, 0.05) is 17.8 Å². The van der Waals surface area contributed by atoms with Crippen LogP contribution < -0.4 is 5.32 Å². The molecule has 0 radical (unpaired) electrons. The molecule has 1 unspecified atom stereocenters. The number of hydrogen-bond donors (Lipinski definition) is 2. The lowest BCUT2D eigenvalue weighted by Crippen LogP contribution is -2.69. The fourth-order valence-electron chi connectivity index (χ4n) is 12.3. The first-order valence-electron chi connectivity index (χ1n) is 17.7. The van der Waals surface area contributed by atoms with E-state index in [9.17, 15) is 19.5 Å². The van der Waals surface area contributed by atoms with Gasteiger partial charge in [-0.05, 0) is 97.8 Å². The lowest BCUT2D eigenvalue weighted by atomic mass is 9.34. The van der Waals surface area contributed by atoms with Crippen molar-refractivity contribution in [3.05, 3.63) is 11.6 Å². The zero-order chi connectivity index (χ0) is 32.7. The summed E-state index contributed by atoms with van der Waals surface area (Å²) in [4.78, 5) is 39.9. The quantitative estimate of drug-likeness (QED) is 0.258. The van der Waals surface area contributed by atoms with Crippen molar-refractivity contribution in [3.8, 4) is 0 Å². The van der Waals surface area contributed by atoms with Crippen LogP contribution in [0.1, 0.15) is 107 Å². The van der Waals surface area contributed by atoms with Crippen LogP contribution in [-0.4, -0.2) is 55.1 Å². The zero-order valence-electron chi connectivity index (χ0n) is 28.9. The van der Waals surface area contributed by atoms with E-state index in [0.717, 1.165) is 45.1 Å². The summed E-state index contributed by atoms with van der Waals surface area (Å²) in [6.45, 7) is 19.0. The molecule has 6 rings (SSSR count). The third kappa shape index (κ3) is 4.61. The Morgan fingerprint density at radius 2 is 1.73 bits per heavy atom. The minimum atomic E-state index is -0.665. The Balaban J connectivity index is 1.41. The molecule has 0 aromatic rings. The van der Waals surface area contributed by atoms with Gasteiger partial charge in [0.05, 0.1) is 19.1 Å². The van der Waals surface area contributed by atoms with Crippen molar-refractivity contribution in [1.29, 1.82) is 0 Å². The molecule has 4 aliphatic carbocycles. The van der Waals surface area contributed by atoms with E-state index in [4.69, 9.17) is 14.2 Å². The van der Waals surface area contributed by atoms with Gasteiger partial charge in [-0.25, -0.2) is 0 Å². The highest BCUT2D eigenvalue weighted by Crippen LogP contribution is 2.75. The second-order valence-electron chi connectivity index (χ2n) is 17.2. The molecule has 0 spiro atoms. The molecule has 2 heterocycles. The van der Waals surface area contributed by atoms with Crippen molar-refractivity contribution in [3.63, 3.8) is 0 Å². The first-order valence-corrected chi connectivity index (χ1v) is 17.7. The molecule has 2 saturated heterocycles. The summed E-state index contributed by atoms with van der Waals surface area (Å²) in [5.41, 5.74) is -0.458. The van der Waals surface area contributed by atoms with Gasteiger partial charge in [-0.15, -0.1) is 0 Å². The number of ether oxygens (including phenoxy) is 3. The van der Waals surface area contributed by atoms with Crippen LogP contribution in [0.15, 0.2) is 11.6 Å². The van der Waals surface area contributed by atoms with E-state index >= 15 is 0 Å². The van der Waals surface area contributed by atoms with E-state index < -0.39 is 34.7 Å². The molecule has 45 heavy (non-hydrogen) atoms. The Kier molecular flexibility index (Phi) is 8.11. The Hall–Kier alpha value is -1.93. The van der Waals surface area contributed by atoms with E-state index in [1.807, 2.05) is 0 Å². The van der Waals surface area contributed by atoms with Gasteiger partial charge in [-0.2, -0.15) is 0 Å². The second-order valence-corrected chi connectivity index (χ2v) is 17.2. The highest BCUT2D eigenvalue weighted by atomic mass is 16.6. The van der Waals surface area contributed by atoms with Gasteiger partial charge >= 0.3 is 17.9 Å². The Morgan fingerprint density at radius 1 is 1.00 bits per heavy atom. The molecule has 12 atom stereocenters. The third-order valence-corrected chi connectivity index (χ3v) is 15.0. The van der Waals surface area contributed by atoms with E-state index in [2.05, 4.69) is 59.9 Å². The van der Waals surface area contributed by atoms with E-state index in [1.54, 1.807) is 0 Å². The summed E-state index contributed by atoms with van der Waals surface area (Å²) in [7, 11) is 0. The van der Waals surface area contributed by atoms with Gasteiger partial charge in [0.15, 0.2) is 6.23 Å². The van der Waals surface area contributed by atoms with Crippen molar-refractivity contribution < 1.29 is 33.7 Å². The predicted molar refractivity (Wildman–Crippen MR) is 170 cm³/mol. The van der Waals surface area contributed by atoms with Gasteiger partial charge in [-0.1, -0.05) is 60.1 Å². The van der Waals surface area contributed by atoms with Crippen LogP contribution in [-0.2, 0) is 28.6 Å². The van der Waals surface area contributed by atoms with Gasteiger partial charge in [0.2, 0.25) is 0 Å². The number of allylic oxidation sites excluding steroid dienone is 1. The minimum Gasteiger partial charge on any atom is -0.481 e. The topological polar surface area (TPSA) is 111 Å². The first kappa shape index (κ1) is 33.0. The highest BCUT2D eigenvalue weighted by molar-refractivity contribution is 5.76. The number of hydrogen-bond acceptors (Lipinski definition) is 7. The van der Waals surface area contributed by atoms with Crippen molar-refractivity contribution in [1.82, 2.24) is 5.32 Å². The molecule has 6 aliphatic rings. The fraction of sp³-hybridized carbons (Fsp3) is 0.865. The van der Waals surface area contributed by atoms with Crippen LogP contribution in [0, 0.1) is 62.6 Å². The minimum absolute atomic E-state index is 0.181. The summed E-state index contributed by atoms with van der Waals surface area (Å²) >= 11 is 0. The molecule has 2 N–H and O–H groups in total. The van der Waals surface area contributed by atoms with E-state index in [-0.39, 0.29) is 52.2 Å². The number of carbonyl (C=O) groups is 3. The van der Waals surface area contributed by atoms with Crippen LogP contribution in [0.25, 0.3) is 0 Å². The standard InChI is InChI=1S/C37H57NO7/c1-21(2)22(3)33(5)15-16-35(7)24-11-12-27-34(6)19-43-20-37(27,25(24)13-14-36(35,8)30(33)31(40)41)18-26(44-23(4)39)29(34)32(42)45-28-10-9-17-38-28/h13,21-22,24,26-30,38H,9-12,14-20H2,1-8H3,(H,40,41)/t22-,24+,26-,27-,28?,29-,30-,33-,34+,35-,36+,37+/m1/s1. The third-order valence-electron chi connectivity index (χ3n) is 15.0. The summed E-state index contributed by atoms with van der Waals surface area (Å²) in [6, 6.07) is 0. The molecule has 0 amide bonds. The summed E-state index contributed by atoms with van der Waals surface area (Å²) < 4.78 is 18.6. The van der Waals surface area contributed by atoms with Crippen LogP contribution in [0.4, 0.5) is 0 Å². The van der Waals surface area contributed by atoms with Gasteiger partial charge in [0.25, 0.3) is 0 Å². The monoisotopic (exact) mass is 627 g/mol. The molecular formula is C37H57NO7. The number of rotatable bonds is 6. The number of carboxylic acid groups (broad SMARTS) is 1. The van der Waals surface area contributed by atoms with E-state index in [1.165, 1.54) is 12.5 Å². The maximum Gasteiger partial charge on any atom is 0.314 e. The first-order chi connectivity index (χ1) is 21.0. The average molecular weight is 628 g/mol. The molecule has 2 bridgehead atoms. The van der Waals surface area contributed by atoms with E-state index in [0.29, 0.717) is 32.0 Å². The van der Waals surface area contributed by atoms with Crippen molar-refractivity contribution in [2.75, 3.05) is 19.8 Å². The fourth-order valence-corrected chi connectivity index (χ4v) is 12.3. The molecular weight excluding hydrogens is 570 g/mol. The molecule has 252 valence electrons. The zero-order valence-corrected chi connectivity index (χ0v) is 28.9. The Morgan fingerprint density at radius 3 is 2.36 bits per heavy atom. The maximum atomic E-state index is 14.0. The van der Waals surface area contributed by atoms with Crippen molar-refractivity contribution >= 4 is 17.9 Å². The molecule has 8 heteroatoms. The average Bonchev–Trinajstić information content (AvgIpc) is 3.45. The van der Waals surface area contributed by atoms with Crippen LogP contribution in [0.2, 0.25) is 0 Å². The number of fused-ring (bicyclic) bond motifs is 3. The summed E-state index contributed by atoms with van der Waals surface area (Å²) in [6.07, 6.45) is 8.25. The van der Waals surface area contributed by atoms with Crippen LogP contribution in [0.5, 0.6) is 0 Å². The highest BCUT2D eigenvalue weighted by Gasteiger charge is 2.72. The molecule has 5 fully saturated rings. The van der Waals surface area contributed by atoms with Crippen molar-refractivity contribution in [2.45, 2.75) is 119 Å². The molecule has 3 saturated carbocycles. The maximum absolute atomic E-state index is 14.0. The number of esters is 2. The molecule has 0 aromatic carbocycles. The predicted octanol–water partition coefficient (Wildman–Crippen LogP) is 6.38. The number of carboxylic acids is 1. The lowest BCUT2D eigenvalue weighted by Gasteiger charge is -2.71. The van der Waals surface area contributed by atoms with Crippen LogP contribution in [0.3, 0.4) is 0 Å². The molecule has 2 aliphatic heterocycles. The van der Waals surface area contributed by atoms with Gasteiger partial charge in [0.1, 0.15) is 12.0 Å². The second kappa shape index (κ2) is 11.1. The summed E-state index contributed by atoms with van der Waals surface area (Å²) in [5.74, 6) is -1.32. The van der Waals surface area contributed by atoms with Crippen LogP contribution >= 0.6 is 0 Å². The van der Waals surface area contributed by atoms with Gasteiger partial charge in [-0.3, -0.25) is 19.7 Å². The summed E-state index contributed by atoms with van der Waals surface area (Å²) in [5, 5.41) is 14.2. The smallest absolute Gasteiger partial charge is 0.314 e. The molecule has 0 aromatic heterocycles. The number of aliphatic carboxylic acids is 1. The normalized spacial score (nSPS) is 47.9. The lowest BCUT2D eigenvalue weighted by molar-refractivity contribution is -0.246. The SMILES string of the molecule is CC(=O)O[C@@H]1C[C@@]23COC[C@](C)([C@H]1C(=O)OC1CCCN1)[C@H]2CC[C@H]1C3=CC[C@@]2(C)[C@H](C(=O)O)[C@@](C)([C@H](C)C(C)C)CC[C@]12C. The number of nitrogens with one attached hydrogen (secondary N) is 1.